The van der Waals surface area contributed by atoms with E-state index >= 15 is 0 Å². The molecule has 0 aliphatic heterocycles. The van der Waals surface area contributed by atoms with Gasteiger partial charge in [0.25, 0.3) is 0 Å². The molecule has 0 atom stereocenters. The molecule has 0 bridgehead atoms. The van der Waals surface area contributed by atoms with Gasteiger partial charge in [0.05, 0.1) is 0 Å². The lowest BCUT2D eigenvalue weighted by Crippen LogP contribution is -2.20. The molecule has 1 fully saturated rings. The summed E-state index contributed by atoms with van der Waals surface area (Å²) < 4.78 is 5.13. The maximum atomic E-state index is 11.4. The summed E-state index contributed by atoms with van der Waals surface area (Å²) in [4.78, 5) is 15.7. The first-order valence-electron chi connectivity index (χ1n) is 6.92. The minimum atomic E-state index is -0.931. The summed E-state index contributed by atoms with van der Waals surface area (Å²) in [5, 5.41) is 12.6. The number of aryl methyl sites for hydroxylation is 2. The molecule has 0 radical (unpaired) electrons. The molecule has 1 aromatic rings. The molecule has 2 rings (SSSR count). The second kappa shape index (κ2) is 5.79. The maximum Gasteiger partial charge on any atom is 0.339 e. The molecule has 20 heavy (non-hydrogen) atoms. The number of carboxylic acids is 1. The number of anilines is 1. The number of aromatic nitrogens is 1. The number of hydrogen-bond donors (Lipinski definition) is 2. The van der Waals surface area contributed by atoms with Crippen molar-refractivity contribution in [2.24, 2.45) is 5.41 Å². The molecular formula is C15H22N2O3. The number of methoxy groups -OCH3 is 1. The van der Waals surface area contributed by atoms with E-state index in [9.17, 15) is 9.90 Å². The van der Waals surface area contributed by atoms with Gasteiger partial charge < -0.3 is 15.2 Å². The van der Waals surface area contributed by atoms with Crippen molar-refractivity contribution in [3.63, 3.8) is 0 Å². The Hall–Kier alpha value is -1.62. The number of rotatable bonds is 7. The summed E-state index contributed by atoms with van der Waals surface area (Å²) in [7, 11) is 1.71. The molecule has 0 saturated heterocycles. The number of pyridine rings is 1. The monoisotopic (exact) mass is 278 g/mol. The molecule has 2 N–H and O–H groups in total. The predicted molar refractivity (Wildman–Crippen MR) is 77.3 cm³/mol. The van der Waals surface area contributed by atoms with Crippen LogP contribution in [0.3, 0.4) is 0 Å². The highest BCUT2D eigenvalue weighted by atomic mass is 16.5. The van der Waals surface area contributed by atoms with Gasteiger partial charge in [0.1, 0.15) is 11.4 Å². The van der Waals surface area contributed by atoms with E-state index < -0.39 is 5.97 Å². The fourth-order valence-electron chi connectivity index (χ4n) is 2.52. The third kappa shape index (κ3) is 3.28. The fourth-order valence-corrected chi connectivity index (χ4v) is 2.52. The van der Waals surface area contributed by atoms with Crippen molar-refractivity contribution in [2.75, 3.05) is 25.6 Å². The van der Waals surface area contributed by atoms with Crippen LogP contribution < -0.4 is 5.32 Å². The molecule has 1 saturated carbocycles. The lowest BCUT2D eigenvalue weighted by molar-refractivity contribution is 0.0696. The lowest BCUT2D eigenvalue weighted by atomic mass is 10.0. The molecule has 1 aromatic heterocycles. The molecule has 0 amide bonds. The van der Waals surface area contributed by atoms with E-state index in [-0.39, 0.29) is 11.0 Å². The summed E-state index contributed by atoms with van der Waals surface area (Å²) in [6, 6.07) is 1.80. The van der Waals surface area contributed by atoms with E-state index in [1.54, 1.807) is 20.1 Å². The summed E-state index contributed by atoms with van der Waals surface area (Å²) in [6.45, 7) is 5.18. The molecule has 0 aromatic carbocycles. The first-order chi connectivity index (χ1) is 9.47. The van der Waals surface area contributed by atoms with Crippen LogP contribution in [0.25, 0.3) is 0 Å². The second-order valence-corrected chi connectivity index (χ2v) is 5.71. The first-order valence-corrected chi connectivity index (χ1v) is 6.92. The van der Waals surface area contributed by atoms with Gasteiger partial charge in [0.15, 0.2) is 0 Å². The minimum absolute atomic E-state index is 0.255. The van der Waals surface area contributed by atoms with Gasteiger partial charge in [0, 0.05) is 26.0 Å². The largest absolute Gasteiger partial charge is 0.478 e. The molecule has 1 aliphatic carbocycles. The van der Waals surface area contributed by atoms with Crippen LogP contribution >= 0.6 is 0 Å². The van der Waals surface area contributed by atoms with Crippen LogP contribution in [0.4, 0.5) is 5.82 Å². The molecule has 1 heterocycles. The number of nitrogens with zero attached hydrogens (tertiary/aromatic N) is 1. The molecule has 0 spiro atoms. The number of carbonyl (C=O) groups is 1. The quantitative estimate of drug-likeness (QED) is 0.802. The molecule has 5 nitrogen and oxygen atoms in total. The highest BCUT2D eigenvalue weighted by Crippen LogP contribution is 2.48. The van der Waals surface area contributed by atoms with Gasteiger partial charge in [-0.2, -0.15) is 0 Å². The Morgan fingerprint density at radius 2 is 2.20 bits per heavy atom. The Kier molecular flexibility index (Phi) is 4.28. The van der Waals surface area contributed by atoms with Crippen LogP contribution in [0.15, 0.2) is 6.07 Å². The Balaban J connectivity index is 2.11. The van der Waals surface area contributed by atoms with Crippen molar-refractivity contribution in [2.45, 2.75) is 33.1 Å². The fraction of sp³-hybridized carbons (Fsp3) is 0.600. The van der Waals surface area contributed by atoms with Crippen molar-refractivity contribution < 1.29 is 14.6 Å². The Morgan fingerprint density at radius 1 is 1.50 bits per heavy atom. The lowest BCUT2D eigenvalue weighted by Gasteiger charge is -2.18. The van der Waals surface area contributed by atoms with E-state index in [4.69, 9.17) is 4.74 Å². The zero-order valence-corrected chi connectivity index (χ0v) is 12.3. The van der Waals surface area contributed by atoms with Gasteiger partial charge >= 0.3 is 5.97 Å². The van der Waals surface area contributed by atoms with Gasteiger partial charge in [0.2, 0.25) is 0 Å². The summed E-state index contributed by atoms with van der Waals surface area (Å²) in [5.41, 5.74) is 2.11. The highest BCUT2D eigenvalue weighted by Gasteiger charge is 2.42. The van der Waals surface area contributed by atoms with E-state index in [1.165, 1.54) is 0 Å². The topological polar surface area (TPSA) is 71.5 Å². The van der Waals surface area contributed by atoms with Gasteiger partial charge in [-0.25, -0.2) is 9.78 Å². The number of nitrogens with one attached hydrogen (secondary N) is 1. The van der Waals surface area contributed by atoms with Crippen LogP contribution in [0.1, 0.15) is 40.9 Å². The van der Waals surface area contributed by atoms with Crippen molar-refractivity contribution in [3.05, 3.63) is 22.9 Å². The Bertz CT molecular complexity index is 510. The van der Waals surface area contributed by atoms with Gasteiger partial charge in [-0.15, -0.1) is 0 Å². The average Bonchev–Trinajstić information content (AvgIpc) is 3.13. The number of hydrogen-bond acceptors (Lipinski definition) is 4. The maximum absolute atomic E-state index is 11.4. The standard InChI is InChI=1S/C15H22N2O3/c1-10-8-11(2)17-13(12(10)14(18)19)16-9-15(4-5-15)6-7-20-3/h8H,4-7,9H2,1-3H3,(H,16,17)(H,18,19). The van der Waals surface area contributed by atoms with Crippen LogP contribution in [-0.2, 0) is 4.74 Å². The van der Waals surface area contributed by atoms with Crippen molar-refractivity contribution in [1.82, 2.24) is 4.98 Å². The highest BCUT2D eigenvalue weighted by molar-refractivity contribution is 5.94. The smallest absolute Gasteiger partial charge is 0.339 e. The van der Waals surface area contributed by atoms with Crippen LogP contribution in [0.5, 0.6) is 0 Å². The average molecular weight is 278 g/mol. The Labute approximate surface area is 119 Å². The van der Waals surface area contributed by atoms with Gasteiger partial charge in [-0.3, -0.25) is 0 Å². The van der Waals surface area contributed by atoms with Crippen molar-refractivity contribution in [3.8, 4) is 0 Å². The summed E-state index contributed by atoms with van der Waals surface area (Å²) >= 11 is 0. The second-order valence-electron chi connectivity index (χ2n) is 5.71. The van der Waals surface area contributed by atoms with Crippen molar-refractivity contribution >= 4 is 11.8 Å². The molecule has 1 aliphatic rings. The third-order valence-corrected chi connectivity index (χ3v) is 3.98. The van der Waals surface area contributed by atoms with Crippen LogP contribution in [0, 0.1) is 19.3 Å². The molecule has 110 valence electrons. The normalized spacial score (nSPS) is 15.9. The first kappa shape index (κ1) is 14.8. The zero-order chi connectivity index (χ0) is 14.8. The third-order valence-electron chi connectivity index (χ3n) is 3.98. The van der Waals surface area contributed by atoms with E-state index in [0.717, 1.165) is 43.7 Å². The van der Waals surface area contributed by atoms with E-state index in [0.29, 0.717) is 5.82 Å². The SMILES string of the molecule is COCCC1(CNc2nc(C)cc(C)c2C(=O)O)CC1. The van der Waals surface area contributed by atoms with Gasteiger partial charge in [-0.05, 0) is 50.2 Å². The summed E-state index contributed by atoms with van der Waals surface area (Å²) in [5.74, 6) is -0.446. The Morgan fingerprint density at radius 3 is 2.75 bits per heavy atom. The van der Waals surface area contributed by atoms with Crippen LogP contribution in [0.2, 0.25) is 0 Å². The summed E-state index contributed by atoms with van der Waals surface area (Å²) in [6.07, 6.45) is 3.33. The number of carboxylic acid groups (broad SMARTS) is 1. The molecule has 5 heteroatoms. The van der Waals surface area contributed by atoms with E-state index in [2.05, 4.69) is 10.3 Å². The van der Waals surface area contributed by atoms with Crippen LogP contribution in [-0.4, -0.2) is 36.3 Å². The molecule has 0 unspecified atom stereocenters. The van der Waals surface area contributed by atoms with E-state index in [1.807, 2.05) is 6.92 Å². The van der Waals surface area contributed by atoms with Crippen molar-refractivity contribution in [1.29, 1.82) is 0 Å². The number of aromatic carboxylic acids is 1. The number of ether oxygens (including phenoxy) is 1. The minimum Gasteiger partial charge on any atom is -0.478 e. The molecular weight excluding hydrogens is 256 g/mol. The predicted octanol–water partition coefficient (Wildman–Crippen LogP) is 2.63. The zero-order valence-electron chi connectivity index (χ0n) is 12.3. The van der Waals surface area contributed by atoms with Gasteiger partial charge in [-0.1, -0.05) is 0 Å².